The molecule has 4 heteroatoms. The van der Waals surface area contributed by atoms with Gasteiger partial charge in [-0.3, -0.25) is 4.79 Å². The van der Waals surface area contributed by atoms with Gasteiger partial charge in [0.15, 0.2) is 0 Å². The summed E-state index contributed by atoms with van der Waals surface area (Å²) in [5, 5.41) is 7.34. The zero-order valence-electron chi connectivity index (χ0n) is 6.61. The fourth-order valence-corrected chi connectivity index (χ4v) is 1.54. The summed E-state index contributed by atoms with van der Waals surface area (Å²) >= 11 is 0. The highest BCUT2D eigenvalue weighted by atomic mass is 16.2. The van der Waals surface area contributed by atoms with E-state index < -0.39 is 0 Å². The lowest BCUT2D eigenvalue weighted by atomic mass is 10.1. The van der Waals surface area contributed by atoms with Crippen LogP contribution in [0.25, 0.3) is 11.3 Å². The van der Waals surface area contributed by atoms with Crippen molar-refractivity contribution in [3.8, 4) is 11.3 Å². The Labute approximate surface area is 73.6 Å². The lowest BCUT2D eigenvalue weighted by Crippen LogP contribution is -1.91. The Hall–Kier alpha value is -1.97. The summed E-state index contributed by atoms with van der Waals surface area (Å²) in [5.41, 5.74) is 3.17. The van der Waals surface area contributed by atoms with Gasteiger partial charge in [-0.05, 0) is 6.07 Å². The van der Waals surface area contributed by atoms with E-state index in [1.165, 1.54) is 0 Å². The van der Waals surface area contributed by atoms with E-state index in [0.717, 1.165) is 11.3 Å². The van der Waals surface area contributed by atoms with Crippen LogP contribution in [0.2, 0.25) is 0 Å². The number of aromatic nitrogens is 1. The first-order valence-corrected chi connectivity index (χ1v) is 3.92. The lowest BCUT2D eigenvalue weighted by Gasteiger charge is -2.01. The first-order valence-electron chi connectivity index (χ1n) is 3.92. The molecular weight excluding hydrogens is 166 g/mol. The zero-order valence-corrected chi connectivity index (χ0v) is 6.61. The maximum atomic E-state index is 11.2. The maximum Gasteiger partial charge on any atom is 0.299 e. The van der Waals surface area contributed by atoms with Crippen molar-refractivity contribution in [3.05, 3.63) is 30.0 Å². The number of nitrogens with one attached hydrogen (secondary N) is 1. The molecule has 13 heavy (non-hydrogen) atoms. The van der Waals surface area contributed by atoms with E-state index in [1.807, 2.05) is 18.2 Å². The number of nitrogens with zero attached hydrogens (tertiary/aromatic N) is 2. The molecule has 0 aromatic rings. The predicted octanol–water partition coefficient (Wildman–Crippen LogP) is 2.36. The van der Waals surface area contributed by atoms with Crippen LogP contribution in [-0.4, -0.2) is 10.9 Å². The summed E-state index contributed by atoms with van der Waals surface area (Å²) in [6.07, 6.45) is 1.65. The summed E-state index contributed by atoms with van der Waals surface area (Å²) in [6.45, 7) is 0. The van der Waals surface area contributed by atoms with Gasteiger partial charge < -0.3 is 4.98 Å². The molecule has 0 saturated heterocycles. The molecule has 0 aromatic heterocycles. The summed E-state index contributed by atoms with van der Waals surface area (Å²) < 4.78 is 0. The standard InChI is InChI=1S/C9H5N3O/c13-9-6-4-10-7-3-1-2-5(7)8(6)11-12-9/h1-4,10H. The Morgan fingerprint density at radius 1 is 1.15 bits per heavy atom. The molecule has 0 aromatic carbocycles. The van der Waals surface area contributed by atoms with Crippen LogP contribution in [-0.2, 0) is 0 Å². The molecule has 1 amide bonds. The number of aromatic amines is 1. The quantitative estimate of drug-likeness (QED) is 0.649. The number of H-pyrrole nitrogens is 1. The van der Waals surface area contributed by atoms with Crippen molar-refractivity contribution in [2.75, 3.05) is 0 Å². The van der Waals surface area contributed by atoms with E-state index in [4.69, 9.17) is 0 Å². The highest BCUT2D eigenvalue weighted by molar-refractivity contribution is 6.05. The first-order chi connectivity index (χ1) is 6.36. The second-order valence-corrected chi connectivity index (χ2v) is 2.91. The van der Waals surface area contributed by atoms with Gasteiger partial charge in [0.2, 0.25) is 0 Å². The third-order valence-corrected chi connectivity index (χ3v) is 2.17. The number of hydrogen-bond acceptors (Lipinski definition) is 2. The third-order valence-electron chi connectivity index (χ3n) is 2.17. The molecule has 3 rings (SSSR count). The summed E-state index contributed by atoms with van der Waals surface area (Å²) in [4.78, 5) is 14.2. The second-order valence-electron chi connectivity index (χ2n) is 2.91. The van der Waals surface area contributed by atoms with Gasteiger partial charge in [0, 0.05) is 17.5 Å². The molecule has 1 N–H and O–H groups in total. The molecule has 62 valence electrons. The first kappa shape index (κ1) is 6.54. The highest BCUT2D eigenvalue weighted by Crippen LogP contribution is 2.37. The lowest BCUT2D eigenvalue weighted by molar-refractivity contribution is 0.100. The molecule has 0 radical (unpaired) electrons. The van der Waals surface area contributed by atoms with Gasteiger partial charge in [0.05, 0.1) is 5.56 Å². The van der Waals surface area contributed by atoms with Gasteiger partial charge in [-0.2, -0.15) is 0 Å². The highest BCUT2D eigenvalue weighted by Gasteiger charge is 2.22. The smallest absolute Gasteiger partial charge is 0.299 e. The van der Waals surface area contributed by atoms with Crippen molar-refractivity contribution < 1.29 is 4.79 Å². The summed E-state index contributed by atoms with van der Waals surface area (Å²) in [7, 11) is 0. The van der Waals surface area contributed by atoms with Crippen LogP contribution in [0.3, 0.4) is 0 Å². The minimum Gasteiger partial charge on any atom is -0.360 e. The van der Waals surface area contributed by atoms with Gasteiger partial charge in [-0.15, -0.1) is 10.2 Å². The van der Waals surface area contributed by atoms with Crippen LogP contribution >= 0.6 is 0 Å². The molecule has 0 saturated carbocycles. The number of azo groups is 1. The minimum atomic E-state index is -0.269. The van der Waals surface area contributed by atoms with E-state index in [-0.39, 0.29) is 5.91 Å². The van der Waals surface area contributed by atoms with Crippen molar-refractivity contribution in [2.45, 2.75) is 0 Å². The summed E-state index contributed by atoms with van der Waals surface area (Å²) in [6, 6.07) is 5.77. The number of amides is 1. The molecule has 4 nitrogen and oxygen atoms in total. The van der Waals surface area contributed by atoms with Crippen molar-refractivity contribution in [2.24, 2.45) is 10.2 Å². The van der Waals surface area contributed by atoms with Gasteiger partial charge in [0.25, 0.3) is 5.91 Å². The molecule has 0 atom stereocenters. The Balaban J connectivity index is 2.45. The molecule has 1 aliphatic carbocycles. The summed E-state index contributed by atoms with van der Waals surface area (Å²) in [5.74, 6) is -0.269. The number of fused-ring (bicyclic) bond motifs is 3. The van der Waals surface area contributed by atoms with E-state index in [0.29, 0.717) is 11.3 Å². The molecule has 0 bridgehead atoms. The number of pyridine rings is 1. The average molecular weight is 171 g/mol. The topological polar surface area (TPSA) is 57.6 Å². The molecule has 2 heterocycles. The van der Waals surface area contributed by atoms with Crippen LogP contribution in [0.5, 0.6) is 0 Å². The van der Waals surface area contributed by atoms with Crippen molar-refractivity contribution in [1.29, 1.82) is 0 Å². The van der Waals surface area contributed by atoms with E-state index in [2.05, 4.69) is 15.2 Å². The van der Waals surface area contributed by atoms with Crippen molar-refractivity contribution in [1.82, 2.24) is 4.98 Å². The van der Waals surface area contributed by atoms with Gasteiger partial charge >= 0.3 is 0 Å². The Morgan fingerprint density at radius 2 is 2.08 bits per heavy atom. The van der Waals surface area contributed by atoms with Crippen LogP contribution in [0.4, 0.5) is 5.69 Å². The van der Waals surface area contributed by atoms with Crippen LogP contribution in [0.1, 0.15) is 10.4 Å². The van der Waals surface area contributed by atoms with E-state index in [9.17, 15) is 4.79 Å². The number of carbonyl (C=O) groups excluding carboxylic acids is 1. The van der Waals surface area contributed by atoms with Gasteiger partial charge in [-0.25, -0.2) is 0 Å². The average Bonchev–Trinajstić information content (AvgIpc) is 2.70. The Morgan fingerprint density at radius 3 is 3.00 bits per heavy atom. The number of rotatable bonds is 0. The second kappa shape index (κ2) is 2.04. The van der Waals surface area contributed by atoms with Crippen molar-refractivity contribution in [3.63, 3.8) is 0 Å². The largest absolute Gasteiger partial charge is 0.360 e. The number of hydrogen-bond donors (Lipinski definition) is 1. The Bertz CT molecular complexity index is 498. The van der Waals surface area contributed by atoms with Gasteiger partial charge in [0.1, 0.15) is 5.69 Å². The van der Waals surface area contributed by atoms with E-state index in [1.54, 1.807) is 6.20 Å². The maximum absolute atomic E-state index is 11.2. The molecular formula is C9H5N3O. The van der Waals surface area contributed by atoms with Crippen molar-refractivity contribution >= 4 is 11.6 Å². The molecule has 3 aliphatic rings. The number of carbonyl (C=O) groups is 1. The molecule has 0 fully saturated rings. The van der Waals surface area contributed by atoms with Crippen LogP contribution in [0, 0.1) is 0 Å². The Kier molecular flexibility index (Phi) is 1.02. The SMILES string of the molecule is O=C1N=Nc2c1c[nH]c1cccc2-1. The molecule has 0 unspecified atom stereocenters. The molecule has 0 spiro atoms. The minimum absolute atomic E-state index is 0.269. The fourth-order valence-electron chi connectivity index (χ4n) is 1.54. The van der Waals surface area contributed by atoms with Crippen LogP contribution < -0.4 is 0 Å². The van der Waals surface area contributed by atoms with Gasteiger partial charge in [-0.1, -0.05) is 12.1 Å². The monoisotopic (exact) mass is 171 g/mol. The van der Waals surface area contributed by atoms with E-state index >= 15 is 0 Å². The molecule has 2 aliphatic heterocycles. The fraction of sp³-hybridized carbons (Fsp3) is 0. The van der Waals surface area contributed by atoms with Crippen LogP contribution in [0.15, 0.2) is 34.6 Å². The predicted molar refractivity (Wildman–Crippen MR) is 46.3 cm³/mol. The third kappa shape index (κ3) is 0.717. The zero-order chi connectivity index (χ0) is 8.84. The normalized spacial score (nSPS) is 14.0.